The van der Waals surface area contributed by atoms with E-state index in [1.807, 2.05) is 25.2 Å². The quantitative estimate of drug-likeness (QED) is 0.716. The number of rotatable bonds is 3. The molecule has 0 N–H and O–H groups in total. The number of nitrogens with zero attached hydrogens (tertiary/aromatic N) is 1. The number of hydrogen-bond donors (Lipinski definition) is 0. The maximum Gasteiger partial charge on any atom is 0.258 e. The predicted octanol–water partition coefficient (Wildman–Crippen LogP) is 2.39. The van der Waals surface area contributed by atoms with E-state index in [0.29, 0.717) is 0 Å². The van der Waals surface area contributed by atoms with Crippen molar-refractivity contribution in [1.29, 1.82) is 0 Å². The van der Waals surface area contributed by atoms with Gasteiger partial charge in [0.15, 0.2) is 0 Å². The second-order valence-corrected chi connectivity index (χ2v) is 4.88. The maximum atomic E-state index is 5.46. The normalized spacial score (nSPS) is 17.9. The average molecular weight is 211 g/mol. The molecule has 76 valence electrons. The Balaban J connectivity index is 1.90. The molecular weight excluding hydrogens is 197 g/mol. The average Bonchev–Trinajstić information content (AvgIpc) is 2.72. The summed E-state index contributed by atoms with van der Waals surface area (Å²) >= 11 is 0. The van der Waals surface area contributed by atoms with Crippen molar-refractivity contribution in [2.24, 2.45) is 0 Å². The summed E-state index contributed by atoms with van der Waals surface area (Å²) in [6.45, 7) is 2.34. The van der Waals surface area contributed by atoms with Gasteiger partial charge in [-0.3, -0.25) is 0 Å². The third-order valence-electron chi connectivity index (χ3n) is 2.02. The standard InChI is InChI=1S/C10H14NO2P/c1-11(14-12-7-8-13-14)9-10-5-3-2-4-6-10/h2-6H,7-9H2,1H3. The van der Waals surface area contributed by atoms with Gasteiger partial charge in [0, 0.05) is 6.54 Å². The molecule has 14 heavy (non-hydrogen) atoms. The zero-order chi connectivity index (χ0) is 9.80. The smallest absolute Gasteiger partial charge is 0.258 e. The lowest BCUT2D eigenvalue weighted by Gasteiger charge is -2.20. The Hall–Kier alpha value is -0.470. The first-order valence-electron chi connectivity index (χ1n) is 4.67. The van der Waals surface area contributed by atoms with E-state index in [0.717, 1.165) is 19.8 Å². The van der Waals surface area contributed by atoms with Crippen molar-refractivity contribution in [3.8, 4) is 0 Å². The van der Waals surface area contributed by atoms with Crippen molar-refractivity contribution < 1.29 is 9.05 Å². The van der Waals surface area contributed by atoms with Gasteiger partial charge in [-0.15, -0.1) is 0 Å². The number of hydrogen-bond acceptors (Lipinski definition) is 3. The third-order valence-corrected chi connectivity index (χ3v) is 3.53. The first kappa shape index (κ1) is 10.1. The van der Waals surface area contributed by atoms with Crippen LogP contribution in [0.1, 0.15) is 5.56 Å². The minimum atomic E-state index is -0.797. The Morgan fingerprint density at radius 1 is 1.21 bits per heavy atom. The van der Waals surface area contributed by atoms with Gasteiger partial charge in [-0.25, -0.2) is 4.67 Å². The molecule has 0 amide bonds. The van der Waals surface area contributed by atoms with E-state index >= 15 is 0 Å². The van der Waals surface area contributed by atoms with E-state index in [1.54, 1.807) is 0 Å². The molecule has 1 aromatic carbocycles. The van der Waals surface area contributed by atoms with Crippen LogP contribution in [0.25, 0.3) is 0 Å². The minimum absolute atomic E-state index is 0.727. The fourth-order valence-electron chi connectivity index (χ4n) is 1.37. The molecule has 0 aliphatic carbocycles. The lowest BCUT2D eigenvalue weighted by Crippen LogP contribution is -2.11. The summed E-state index contributed by atoms with van der Waals surface area (Å²) in [4.78, 5) is 0. The molecule has 0 unspecified atom stereocenters. The van der Waals surface area contributed by atoms with Gasteiger partial charge in [-0.05, 0) is 12.6 Å². The molecule has 4 heteroatoms. The minimum Gasteiger partial charge on any atom is -0.320 e. The molecule has 3 nitrogen and oxygen atoms in total. The SMILES string of the molecule is CN(Cc1ccccc1)P1OCCO1. The Bertz CT molecular complexity index is 275. The Morgan fingerprint density at radius 2 is 1.86 bits per heavy atom. The van der Waals surface area contributed by atoms with Gasteiger partial charge in [0.1, 0.15) is 0 Å². The topological polar surface area (TPSA) is 21.7 Å². The van der Waals surface area contributed by atoms with Gasteiger partial charge >= 0.3 is 0 Å². The third kappa shape index (κ3) is 2.52. The van der Waals surface area contributed by atoms with Gasteiger partial charge < -0.3 is 9.05 Å². The second-order valence-electron chi connectivity index (χ2n) is 3.21. The van der Waals surface area contributed by atoms with Gasteiger partial charge in [-0.1, -0.05) is 30.3 Å². The molecule has 2 rings (SSSR count). The summed E-state index contributed by atoms with van der Waals surface area (Å²) in [6.07, 6.45) is 0. The zero-order valence-electron chi connectivity index (χ0n) is 8.22. The molecule has 1 fully saturated rings. The van der Waals surface area contributed by atoms with Crippen molar-refractivity contribution in [3.05, 3.63) is 35.9 Å². The Kier molecular flexibility index (Phi) is 3.49. The fraction of sp³-hybridized carbons (Fsp3) is 0.400. The van der Waals surface area contributed by atoms with Crippen molar-refractivity contribution in [2.75, 3.05) is 20.3 Å². The fourth-order valence-corrected chi connectivity index (χ4v) is 2.58. The van der Waals surface area contributed by atoms with Crippen molar-refractivity contribution >= 4 is 8.53 Å². The molecule has 0 atom stereocenters. The summed E-state index contributed by atoms with van der Waals surface area (Å²) in [7, 11) is 1.24. The van der Waals surface area contributed by atoms with Crippen LogP contribution in [0.2, 0.25) is 0 Å². The monoisotopic (exact) mass is 211 g/mol. The van der Waals surface area contributed by atoms with Gasteiger partial charge in [0.25, 0.3) is 8.53 Å². The lowest BCUT2D eigenvalue weighted by molar-refractivity contribution is 0.354. The summed E-state index contributed by atoms with van der Waals surface area (Å²) in [5.74, 6) is 0. The highest BCUT2D eigenvalue weighted by atomic mass is 31.2. The molecule has 0 aromatic heterocycles. The van der Waals surface area contributed by atoms with Crippen LogP contribution in [0.3, 0.4) is 0 Å². The Labute approximate surface area is 85.6 Å². The van der Waals surface area contributed by atoms with Crippen LogP contribution in [-0.4, -0.2) is 24.9 Å². The van der Waals surface area contributed by atoms with Crippen molar-refractivity contribution in [1.82, 2.24) is 4.67 Å². The summed E-state index contributed by atoms with van der Waals surface area (Å²) < 4.78 is 13.0. The summed E-state index contributed by atoms with van der Waals surface area (Å²) in [5.41, 5.74) is 1.29. The first-order chi connectivity index (χ1) is 6.86. The Morgan fingerprint density at radius 3 is 2.50 bits per heavy atom. The van der Waals surface area contributed by atoms with Crippen LogP contribution >= 0.6 is 8.53 Å². The van der Waals surface area contributed by atoms with Gasteiger partial charge in [0.2, 0.25) is 0 Å². The molecule has 1 saturated heterocycles. The molecular formula is C10H14NO2P. The molecule has 1 heterocycles. The van der Waals surface area contributed by atoms with Gasteiger partial charge in [0.05, 0.1) is 13.2 Å². The van der Waals surface area contributed by atoms with E-state index in [2.05, 4.69) is 16.8 Å². The summed E-state index contributed by atoms with van der Waals surface area (Å²) in [5, 5.41) is 0. The molecule has 1 aromatic rings. The molecule has 0 saturated carbocycles. The van der Waals surface area contributed by atoms with Crippen LogP contribution < -0.4 is 0 Å². The van der Waals surface area contributed by atoms with Crippen LogP contribution in [0.4, 0.5) is 0 Å². The predicted molar refractivity (Wildman–Crippen MR) is 56.7 cm³/mol. The highest BCUT2D eigenvalue weighted by molar-refractivity contribution is 7.44. The van der Waals surface area contributed by atoms with Crippen LogP contribution in [0.15, 0.2) is 30.3 Å². The van der Waals surface area contributed by atoms with E-state index < -0.39 is 8.53 Å². The molecule has 1 aliphatic heterocycles. The molecule has 0 spiro atoms. The highest BCUT2D eigenvalue weighted by Gasteiger charge is 2.22. The van der Waals surface area contributed by atoms with E-state index in [-0.39, 0.29) is 0 Å². The maximum absolute atomic E-state index is 5.46. The van der Waals surface area contributed by atoms with Crippen LogP contribution in [0.5, 0.6) is 0 Å². The lowest BCUT2D eigenvalue weighted by atomic mass is 10.2. The first-order valence-corrected chi connectivity index (χ1v) is 5.80. The second kappa shape index (κ2) is 4.85. The largest absolute Gasteiger partial charge is 0.320 e. The van der Waals surface area contributed by atoms with Gasteiger partial charge in [-0.2, -0.15) is 0 Å². The molecule has 1 aliphatic rings. The van der Waals surface area contributed by atoms with E-state index in [4.69, 9.17) is 9.05 Å². The van der Waals surface area contributed by atoms with Crippen LogP contribution in [-0.2, 0) is 15.6 Å². The molecule has 0 bridgehead atoms. The van der Waals surface area contributed by atoms with E-state index in [1.165, 1.54) is 5.56 Å². The highest BCUT2D eigenvalue weighted by Crippen LogP contribution is 2.45. The summed E-state index contributed by atoms with van der Waals surface area (Å²) in [6, 6.07) is 10.3. The molecule has 0 radical (unpaired) electrons. The van der Waals surface area contributed by atoms with Crippen LogP contribution in [0, 0.1) is 0 Å². The zero-order valence-corrected chi connectivity index (χ0v) is 9.11. The van der Waals surface area contributed by atoms with Crippen molar-refractivity contribution in [2.45, 2.75) is 6.54 Å². The number of benzene rings is 1. The van der Waals surface area contributed by atoms with Crippen molar-refractivity contribution in [3.63, 3.8) is 0 Å². The van der Waals surface area contributed by atoms with E-state index in [9.17, 15) is 0 Å².